The summed E-state index contributed by atoms with van der Waals surface area (Å²) in [6.07, 6.45) is -0.239. The van der Waals surface area contributed by atoms with Crippen LogP contribution in [0.15, 0.2) is 66.4 Å². The van der Waals surface area contributed by atoms with Crippen LogP contribution < -0.4 is 4.74 Å². The molecule has 0 N–H and O–H groups in total. The topological polar surface area (TPSA) is 52.4 Å². The Balaban J connectivity index is 1.81. The highest BCUT2D eigenvalue weighted by Gasteiger charge is 2.36. The van der Waals surface area contributed by atoms with Crippen molar-refractivity contribution in [1.82, 2.24) is 0 Å². The van der Waals surface area contributed by atoms with Crippen LogP contribution in [0.25, 0.3) is 17.2 Å². The average molecular weight is 383 g/mol. The van der Waals surface area contributed by atoms with E-state index in [4.69, 9.17) is 4.74 Å². The Morgan fingerprint density at radius 1 is 0.857 bits per heavy atom. The predicted molar refractivity (Wildman–Crippen MR) is 96.5 cm³/mol. The van der Waals surface area contributed by atoms with Gasteiger partial charge in [0.05, 0.1) is 4.92 Å². The van der Waals surface area contributed by atoms with Crippen molar-refractivity contribution in [2.45, 2.75) is 6.10 Å². The zero-order valence-electron chi connectivity index (χ0n) is 14.2. The highest BCUT2D eigenvalue weighted by molar-refractivity contribution is 5.72. The summed E-state index contributed by atoms with van der Waals surface area (Å²) < 4.78 is 46.6. The van der Waals surface area contributed by atoms with E-state index in [0.29, 0.717) is 17.7 Å². The largest absolute Gasteiger partial charge is 0.474 e. The van der Waals surface area contributed by atoms with Crippen molar-refractivity contribution in [3.63, 3.8) is 0 Å². The number of hydrogen-bond donors (Lipinski definition) is 0. The van der Waals surface area contributed by atoms with Gasteiger partial charge in [0, 0.05) is 23.3 Å². The lowest BCUT2D eigenvalue weighted by Crippen LogP contribution is -2.21. The molecule has 1 heterocycles. The molecule has 0 amide bonds. The minimum Gasteiger partial charge on any atom is -0.474 e. The Morgan fingerprint density at radius 2 is 1.57 bits per heavy atom. The molecule has 3 aromatic rings. The molecule has 0 radical (unpaired) electrons. The summed E-state index contributed by atoms with van der Waals surface area (Å²) in [7, 11) is 0. The minimum atomic E-state index is -1.50. The molecule has 0 bridgehead atoms. The molecule has 4 nitrogen and oxygen atoms in total. The highest BCUT2D eigenvalue weighted by Crippen LogP contribution is 2.40. The maximum Gasteiger partial charge on any atom is 0.291 e. The summed E-state index contributed by atoms with van der Waals surface area (Å²) in [5, 5.41) is 11.5. The van der Waals surface area contributed by atoms with Gasteiger partial charge in [0.25, 0.3) is 5.70 Å². The molecule has 1 aliphatic heterocycles. The van der Waals surface area contributed by atoms with Gasteiger partial charge in [-0.15, -0.1) is 0 Å². The number of nitrogens with zero attached hydrogens (tertiary/aromatic N) is 1. The van der Waals surface area contributed by atoms with Gasteiger partial charge >= 0.3 is 0 Å². The van der Waals surface area contributed by atoms with E-state index >= 15 is 0 Å². The fourth-order valence-corrected chi connectivity index (χ4v) is 3.11. The van der Waals surface area contributed by atoms with E-state index in [2.05, 4.69) is 0 Å². The zero-order valence-corrected chi connectivity index (χ0v) is 14.2. The number of ether oxygens (including phenoxy) is 1. The van der Waals surface area contributed by atoms with Gasteiger partial charge in [0.1, 0.15) is 11.6 Å². The predicted octanol–water partition coefficient (Wildman–Crippen LogP) is 5.52. The van der Waals surface area contributed by atoms with Crippen LogP contribution in [0.5, 0.6) is 5.75 Å². The molecule has 1 atom stereocenters. The van der Waals surface area contributed by atoms with Gasteiger partial charge in [0.15, 0.2) is 11.6 Å². The second kappa shape index (κ2) is 6.84. The molecule has 7 heteroatoms. The number of benzene rings is 3. The Bertz CT molecular complexity index is 1110. The first-order valence-electron chi connectivity index (χ1n) is 8.30. The lowest BCUT2D eigenvalue weighted by molar-refractivity contribution is -0.434. The van der Waals surface area contributed by atoms with Crippen molar-refractivity contribution in [3.8, 4) is 16.9 Å². The van der Waals surface area contributed by atoms with E-state index in [-0.39, 0.29) is 5.75 Å². The molecule has 3 aromatic carbocycles. The summed E-state index contributed by atoms with van der Waals surface area (Å²) in [4.78, 5) is 10.8. The Labute approximate surface area is 157 Å². The summed E-state index contributed by atoms with van der Waals surface area (Å²) in [5.74, 6) is -3.54. The van der Waals surface area contributed by atoms with Gasteiger partial charge in [-0.1, -0.05) is 36.4 Å². The molecular weight excluding hydrogens is 371 g/mol. The van der Waals surface area contributed by atoms with Crippen LogP contribution in [-0.4, -0.2) is 4.92 Å². The number of nitro groups is 1. The monoisotopic (exact) mass is 383 g/mol. The zero-order chi connectivity index (χ0) is 19.8. The molecule has 0 aromatic heterocycles. The van der Waals surface area contributed by atoms with Crippen LogP contribution in [0.3, 0.4) is 0 Å². The van der Waals surface area contributed by atoms with E-state index in [1.807, 2.05) is 30.3 Å². The molecule has 1 unspecified atom stereocenters. The van der Waals surface area contributed by atoms with E-state index in [1.165, 1.54) is 6.08 Å². The van der Waals surface area contributed by atoms with E-state index in [9.17, 15) is 23.3 Å². The quantitative estimate of drug-likeness (QED) is 0.340. The number of fused-ring (bicyclic) bond motifs is 1. The minimum absolute atomic E-state index is 0.277. The molecule has 4 rings (SSSR count). The van der Waals surface area contributed by atoms with Crippen LogP contribution >= 0.6 is 0 Å². The van der Waals surface area contributed by atoms with Gasteiger partial charge in [-0.3, -0.25) is 10.1 Å². The summed E-state index contributed by atoms with van der Waals surface area (Å²) in [6, 6.07) is 15.4. The van der Waals surface area contributed by atoms with Crippen molar-refractivity contribution in [2.75, 3.05) is 0 Å². The maximum atomic E-state index is 14.2. The SMILES string of the molecule is O=[N+]([O-])C1=Cc2cc(-c3ccccc3)ccc2OC1c1cc(F)c(F)cc1F. The molecular formula is C21H12F3NO3. The summed E-state index contributed by atoms with van der Waals surface area (Å²) >= 11 is 0. The fourth-order valence-electron chi connectivity index (χ4n) is 3.11. The summed E-state index contributed by atoms with van der Waals surface area (Å²) in [6.45, 7) is 0. The van der Waals surface area contributed by atoms with Crippen LogP contribution in [0.2, 0.25) is 0 Å². The van der Waals surface area contributed by atoms with Crippen LogP contribution in [-0.2, 0) is 0 Å². The fraction of sp³-hybridized carbons (Fsp3) is 0.0476. The van der Waals surface area contributed by atoms with Gasteiger partial charge in [-0.25, -0.2) is 13.2 Å². The van der Waals surface area contributed by atoms with Crippen molar-refractivity contribution in [1.29, 1.82) is 0 Å². The van der Waals surface area contributed by atoms with E-state index in [0.717, 1.165) is 11.1 Å². The Morgan fingerprint density at radius 3 is 2.29 bits per heavy atom. The Kier molecular flexibility index (Phi) is 4.35. The van der Waals surface area contributed by atoms with Crippen molar-refractivity contribution in [2.24, 2.45) is 0 Å². The lowest BCUT2D eigenvalue weighted by Gasteiger charge is -2.23. The first-order valence-corrected chi connectivity index (χ1v) is 8.30. The molecule has 0 aliphatic carbocycles. The standard InChI is InChI=1S/C21H12F3NO3/c22-16-11-18(24)17(23)10-15(16)21-19(25(26)27)9-14-8-13(6-7-20(14)28-21)12-4-2-1-3-5-12/h1-11,21H. The molecule has 0 spiro atoms. The first kappa shape index (κ1) is 17.8. The average Bonchev–Trinajstić information content (AvgIpc) is 2.70. The van der Waals surface area contributed by atoms with Crippen LogP contribution in [0, 0.1) is 27.6 Å². The molecule has 0 saturated carbocycles. The van der Waals surface area contributed by atoms with E-state index < -0.39 is 39.7 Å². The lowest BCUT2D eigenvalue weighted by atomic mass is 9.97. The maximum absolute atomic E-state index is 14.2. The van der Waals surface area contributed by atoms with Crippen LogP contribution in [0.1, 0.15) is 17.2 Å². The second-order valence-corrected chi connectivity index (χ2v) is 6.23. The van der Waals surface area contributed by atoms with Gasteiger partial charge in [-0.2, -0.15) is 0 Å². The van der Waals surface area contributed by atoms with E-state index in [1.54, 1.807) is 18.2 Å². The molecule has 140 valence electrons. The van der Waals surface area contributed by atoms with Gasteiger partial charge in [-0.05, 0) is 29.3 Å². The van der Waals surface area contributed by atoms with Crippen molar-refractivity contribution >= 4 is 6.08 Å². The molecule has 0 saturated heterocycles. The molecule has 1 aliphatic rings. The third-order valence-corrected chi connectivity index (χ3v) is 4.47. The third-order valence-electron chi connectivity index (χ3n) is 4.47. The second-order valence-electron chi connectivity index (χ2n) is 6.23. The van der Waals surface area contributed by atoms with Crippen molar-refractivity contribution in [3.05, 3.63) is 105 Å². The van der Waals surface area contributed by atoms with Gasteiger partial charge < -0.3 is 4.74 Å². The van der Waals surface area contributed by atoms with Crippen LogP contribution in [0.4, 0.5) is 13.2 Å². The third kappa shape index (κ3) is 3.11. The normalized spacial score (nSPS) is 15.4. The smallest absolute Gasteiger partial charge is 0.291 e. The first-order chi connectivity index (χ1) is 13.4. The van der Waals surface area contributed by atoms with Crippen molar-refractivity contribution < 1.29 is 22.8 Å². The highest BCUT2D eigenvalue weighted by atomic mass is 19.2. The number of halogens is 3. The molecule has 28 heavy (non-hydrogen) atoms. The van der Waals surface area contributed by atoms with Gasteiger partial charge in [0.2, 0.25) is 6.10 Å². The number of hydrogen-bond acceptors (Lipinski definition) is 3. The molecule has 0 fully saturated rings. The summed E-state index contributed by atoms with van der Waals surface area (Å²) in [5.41, 5.74) is 1.25. The number of rotatable bonds is 3. The Hall–Kier alpha value is -3.61.